The number of hydrogen-bond acceptors (Lipinski definition) is 6. The molecule has 0 saturated carbocycles. The van der Waals surface area contributed by atoms with Gasteiger partial charge in [0.15, 0.2) is 5.82 Å². The van der Waals surface area contributed by atoms with Gasteiger partial charge >= 0.3 is 0 Å². The maximum atomic E-state index is 12.7. The van der Waals surface area contributed by atoms with Crippen molar-refractivity contribution in [1.29, 1.82) is 0 Å². The average molecular weight is 443 g/mol. The molecule has 1 saturated heterocycles. The Morgan fingerprint density at radius 1 is 1.23 bits per heavy atom. The molecule has 1 N–H and O–H groups in total. The standard InChI is InChI=1S/C22H26N4O4S/c1-15(2)14-31(28,29)26-12-6-11-19(26)22-24-20(25-30-22)13-23-21(27)18-10-5-8-16-7-3-4-9-17(16)18/h3-5,7-10,15,19H,6,11-14H2,1-2H3,(H,23,27)/t19-/m0/s1. The molecule has 8 nitrogen and oxygen atoms in total. The average Bonchev–Trinajstić information content (AvgIpc) is 3.40. The highest BCUT2D eigenvalue weighted by Gasteiger charge is 2.38. The van der Waals surface area contributed by atoms with Gasteiger partial charge in [0.25, 0.3) is 5.91 Å². The van der Waals surface area contributed by atoms with Crippen molar-refractivity contribution in [2.75, 3.05) is 12.3 Å². The topological polar surface area (TPSA) is 105 Å². The van der Waals surface area contributed by atoms with Crippen LogP contribution in [-0.2, 0) is 16.6 Å². The lowest BCUT2D eigenvalue weighted by Crippen LogP contribution is -2.34. The number of hydrogen-bond donors (Lipinski definition) is 1. The Morgan fingerprint density at radius 2 is 2.00 bits per heavy atom. The van der Waals surface area contributed by atoms with Crippen LogP contribution in [0.1, 0.15) is 54.8 Å². The smallest absolute Gasteiger partial charge is 0.252 e. The van der Waals surface area contributed by atoms with Gasteiger partial charge in [0, 0.05) is 12.1 Å². The Kier molecular flexibility index (Phi) is 6.06. The lowest BCUT2D eigenvalue weighted by Gasteiger charge is -2.22. The second-order valence-electron chi connectivity index (χ2n) is 8.20. The van der Waals surface area contributed by atoms with Gasteiger partial charge in [-0.05, 0) is 35.6 Å². The van der Waals surface area contributed by atoms with Crippen LogP contribution >= 0.6 is 0 Å². The molecule has 164 valence electrons. The van der Waals surface area contributed by atoms with Crippen molar-refractivity contribution < 1.29 is 17.7 Å². The van der Waals surface area contributed by atoms with Crippen LogP contribution in [0.25, 0.3) is 10.8 Å². The van der Waals surface area contributed by atoms with E-state index in [1.165, 1.54) is 4.31 Å². The summed E-state index contributed by atoms with van der Waals surface area (Å²) in [6.45, 7) is 4.31. The molecule has 0 radical (unpaired) electrons. The van der Waals surface area contributed by atoms with Gasteiger partial charge in [-0.25, -0.2) is 8.42 Å². The van der Waals surface area contributed by atoms with E-state index in [0.29, 0.717) is 24.4 Å². The lowest BCUT2D eigenvalue weighted by atomic mass is 10.0. The zero-order valence-corrected chi connectivity index (χ0v) is 18.4. The highest BCUT2D eigenvalue weighted by molar-refractivity contribution is 7.89. The molecule has 2 heterocycles. The van der Waals surface area contributed by atoms with Gasteiger partial charge in [0.05, 0.1) is 12.3 Å². The second-order valence-corrected chi connectivity index (χ2v) is 10.2. The summed E-state index contributed by atoms with van der Waals surface area (Å²) in [6, 6.07) is 12.8. The Bertz CT molecular complexity index is 1180. The minimum atomic E-state index is -3.39. The summed E-state index contributed by atoms with van der Waals surface area (Å²) in [6.07, 6.45) is 1.39. The number of fused-ring (bicyclic) bond motifs is 1. The number of rotatable bonds is 7. The van der Waals surface area contributed by atoms with Crippen molar-refractivity contribution in [3.05, 3.63) is 59.7 Å². The zero-order valence-electron chi connectivity index (χ0n) is 17.6. The molecule has 31 heavy (non-hydrogen) atoms. The summed E-state index contributed by atoms with van der Waals surface area (Å²) < 4.78 is 32.2. The Morgan fingerprint density at radius 3 is 2.81 bits per heavy atom. The van der Waals surface area contributed by atoms with E-state index >= 15 is 0 Å². The second kappa shape index (κ2) is 8.76. The minimum Gasteiger partial charge on any atom is -0.345 e. The molecule has 3 aromatic rings. The molecule has 9 heteroatoms. The fourth-order valence-corrected chi connectivity index (χ4v) is 6.01. The fourth-order valence-electron chi connectivity index (χ4n) is 3.99. The van der Waals surface area contributed by atoms with E-state index in [9.17, 15) is 13.2 Å². The molecule has 0 spiro atoms. The Labute approximate surface area is 181 Å². The first-order valence-electron chi connectivity index (χ1n) is 10.4. The molecule has 1 amide bonds. The molecular weight excluding hydrogens is 416 g/mol. The van der Waals surface area contributed by atoms with Crippen LogP contribution in [0.15, 0.2) is 47.0 Å². The van der Waals surface area contributed by atoms with E-state index in [1.54, 1.807) is 6.07 Å². The molecule has 1 aliphatic heterocycles. The quantitative estimate of drug-likeness (QED) is 0.602. The summed E-state index contributed by atoms with van der Waals surface area (Å²) in [7, 11) is -3.39. The summed E-state index contributed by atoms with van der Waals surface area (Å²) in [4.78, 5) is 17.1. The normalized spacial score (nSPS) is 17.5. The molecule has 0 bridgehead atoms. The predicted molar refractivity (Wildman–Crippen MR) is 117 cm³/mol. The van der Waals surface area contributed by atoms with Crippen molar-refractivity contribution in [2.45, 2.75) is 39.3 Å². The van der Waals surface area contributed by atoms with Crippen LogP contribution in [0, 0.1) is 5.92 Å². The largest absolute Gasteiger partial charge is 0.345 e. The van der Waals surface area contributed by atoms with Crippen molar-refractivity contribution in [2.24, 2.45) is 5.92 Å². The molecule has 1 atom stereocenters. The van der Waals surface area contributed by atoms with E-state index in [1.807, 2.05) is 50.2 Å². The van der Waals surface area contributed by atoms with Crippen LogP contribution in [0.5, 0.6) is 0 Å². The summed E-state index contributed by atoms with van der Waals surface area (Å²) in [5, 5.41) is 8.62. The first kappa shape index (κ1) is 21.5. The van der Waals surface area contributed by atoms with Crippen molar-refractivity contribution >= 4 is 26.7 Å². The Balaban J connectivity index is 1.45. The van der Waals surface area contributed by atoms with E-state index in [4.69, 9.17) is 4.52 Å². The third-order valence-electron chi connectivity index (χ3n) is 5.32. The van der Waals surface area contributed by atoms with E-state index in [-0.39, 0.29) is 30.0 Å². The summed E-state index contributed by atoms with van der Waals surface area (Å²) >= 11 is 0. The maximum absolute atomic E-state index is 12.7. The van der Waals surface area contributed by atoms with Gasteiger partial charge < -0.3 is 9.84 Å². The zero-order chi connectivity index (χ0) is 22.0. The van der Waals surface area contributed by atoms with Gasteiger partial charge in [-0.15, -0.1) is 0 Å². The number of sulfonamides is 1. The molecule has 1 fully saturated rings. The van der Waals surface area contributed by atoms with Crippen molar-refractivity contribution in [3.8, 4) is 0 Å². The van der Waals surface area contributed by atoms with Crippen LogP contribution < -0.4 is 5.32 Å². The third kappa shape index (κ3) is 4.62. The molecule has 0 unspecified atom stereocenters. The van der Waals surface area contributed by atoms with E-state index in [2.05, 4.69) is 15.5 Å². The van der Waals surface area contributed by atoms with E-state index in [0.717, 1.165) is 17.2 Å². The third-order valence-corrected chi connectivity index (χ3v) is 7.55. The molecule has 0 aliphatic carbocycles. The van der Waals surface area contributed by atoms with Crippen molar-refractivity contribution in [3.63, 3.8) is 0 Å². The molecule has 4 rings (SSSR count). The molecular formula is C22H26N4O4S. The molecule has 1 aliphatic rings. The van der Waals surface area contributed by atoms with Gasteiger partial charge in [0.1, 0.15) is 6.04 Å². The first-order chi connectivity index (χ1) is 14.8. The monoisotopic (exact) mass is 442 g/mol. The van der Waals surface area contributed by atoms with Gasteiger partial charge in [0.2, 0.25) is 15.9 Å². The van der Waals surface area contributed by atoms with Crippen LogP contribution in [0.3, 0.4) is 0 Å². The number of carbonyl (C=O) groups is 1. The number of amides is 1. The molecule has 2 aromatic carbocycles. The number of carbonyl (C=O) groups excluding carboxylic acids is 1. The number of nitrogens with one attached hydrogen (secondary N) is 1. The van der Waals surface area contributed by atoms with Crippen LogP contribution in [0.4, 0.5) is 0 Å². The highest BCUT2D eigenvalue weighted by atomic mass is 32.2. The first-order valence-corrected chi connectivity index (χ1v) is 12.0. The van der Waals surface area contributed by atoms with E-state index < -0.39 is 16.1 Å². The molecule has 1 aromatic heterocycles. The highest BCUT2D eigenvalue weighted by Crippen LogP contribution is 2.34. The number of nitrogens with zero attached hydrogens (tertiary/aromatic N) is 3. The SMILES string of the molecule is CC(C)CS(=O)(=O)N1CCC[C@H]1c1nc(CNC(=O)c2cccc3ccccc23)no1. The number of aromatic nitrogens is 2. The lowest BCUT2D eigenvalue weighted by molar-refractivity contribution is 0.0951. The van der Waals surface area contributed by atoms with Gasteiger partial charge in [-0.3, -0.25) is 4.79 Å². The van der Waals surface area contributed by atoms with Gasteiger partial charge in [-0.1, -0.05) is 55.4 Å². The van der Waals surface area contributed by atoms with Gasteiger partial charge in [-0.2, -0.15) is 9.29 Å². The summed E-state index contributed by atoms with van der Waals surface area (Å²) in [5.74, 6) is 0.487. The summed E-state index contributed by atoms with van der Waals surface area (Å²) in [5.41, 5.74) is 0.573. The minimum absolute atomic E-state index is 0.0359. The maximum Gasteiger partial charge on any atom is 0.252 e. The van der Waals surface area contributed by atoms with Crippen LogP contribution in [-0.4, -0.2) is 41.1 Å². The fraction of sp³-hybridized carbons (Fsp3) is 0.409. The van der Waals surface area contributed by atoms with Crippen molar-refractivity contribution in [1.82, 2.24) is 19.8 Å². The van der Waals surface area contributed by atoms with Crippen LogP contribution in [0.2, 0.25) is 0 Å². The Hall–Kier alpha value is -2.78. The predicted octanol–water partition coefficient (Wildman–Crippen LogP) is 3.28. The number of benzene rings is 2.